The lowest BCUT2D eigenvalue weighted by atomic mass is 9.86. The molecule has 1 nitrogen and oxygen atoms in total. The molecule has 0 fully saturated rings. The zero-order chi connectivity index (χ0) is 15.9. The highest BCUT2D eigenvalue weighted by molar-refractivity contribution is 5.36. The van der Waals surface area contributed by atoms with Crippen LogP contribution in [-0.2, 0) is 6.61 Å². The molecular formula is C21H28O. The fourth-order valence-electron chi connectivity index (χ4n) is 2.94. The van der Waals surface area contributed by atoms with Gasteiger partial charge in [-0.25, -0.2) is 0 Å². The van der Waals surface area contributed by atoms with Gasteiger partial charge in [0.15, 0.2) is 0 Å². The normalized spacial score (nSPS) is 12.4. The molecule has 0 aliphatic heterocycles. The van der Waals surface area contributed by atoms with Gasteiger partial charge in [-0.05, 0) is 47.1 Å². The van der Waals surface area contributed by atoms with Gasteiger partial charge in [-0.1, -0.05) is 70.5 Å². The van der Waals surface area contributed by atoms with Crippen LogP contribution in [0.2, 0.25) is 0 Å². The van der Waals surface area contributed by atoms with Crippen LogP contribution < -0.4 is 4.74 Å². The molecular weight excluding hydrogens is 268 g/mol. The smallest absolute Gasteiger partial charge is 0.119 e. The van der Waals surface area contributed by atoms with Gasteiger partial charge in [-0.3, -0.25) is 0 Å². The summed E-state index contributed by atoms with van der Waals surface area (Å²) in [6, 6.07) is 16.9. The highest BCUT2D eigenvalue weighted by Crippen LogP contribution is 2.30. The van der Waals surface area contributed by atoms with Crippen molar-refractivity contribution in [2.75, 3.05) is 0 Å². The fourth-order valence-corrected chi connectivity index (χ4v) is 2.94. The second-order valence-corrected chi connectivity index (χ2v) is 6.41. The van der Waals surface area contributed by atoms with Gasteiger partial charge in [-0.2, -0.15) is 0 Å². The Morgan fingerprint density at radius 3 is 2.27 bits per heavy atom. The summed E-state index contributed by atoms with van der Waals surface area (Å²) in [6.07, 6.45) is 2.46. The molecule has 0 heterocycles. The number of rotatable bonds is 7. The monoisotopic (exact) mass is 296 g/mol. The Hall–Kier alpha value is -1.76. The lowest BCUT2D eigenvalue weighted by molar-refractivity contribution is 0.306. The molecule has 0 aliphatic rings. The minimum Gasteiger partial charge on any atom is -0.489 e. The quantitative estimate of drug-likeness (QED) is 0.583. The molecule has 0 saturated carbocycles. The molecule has 2 aromatic rings. The predicted molar refractivity (Wildman–Crippen MR) is 94.6 cm³/mol. The molecule has 1 atom stereocenters. The standard InChI is InChI=1S/C21H28O/c1-5-9-17(4)21-14-18(12-13-20(21)16(2)3)15-22-19-10-7-6-8-11-19/h6-8,10-14,16-17H,5,9,15H2,1-4H3. The number of ether oxygens (including phenoxy) is 1. The molecule has 22 heavy (non-hydrogen) atoms. The molecule has 118 valence electrons. The van der Waals surface area contributed by atoms with Gasteiger partial charge in [-0.15, -0.1) is 0 Å². The van der Waals surface area contributed by atoms with Crippen molar-refractivity contribution in [2.24, 2.45) is 0 Å². The van der Waals surface area contributed by atoms with E-state index in [-0.39, 0.29) is 0 Å². The van der Waals surface area contributed by atoms with Crippen molar-refractivity contribution in [3.8, 4) is 5.75 Å². The van der Waals surface area contributed by atoms with Crippen molar-refractivity contribution in [3.63, 3.8) is 0 Å². The van der Waals surface area contributed by atoms with Crippen LogP contribution in [0.3, 0.4) is 0 Å². The van der Waals surface area contributed by atoms with E-state index in [4.69, 9.17) is 4.74 Å². The lowest BCUT2D eigenvalue weighted by Crippen LogP contribution is -2.04. The second-order valence-electron chi connectivity index (χ2n) is 6.41. The average molecular weight is 296 g/mol. The summed E-state index contributed by atoms with van der Waals surface area (Å²) in [5.41, 5.74) is 4.22. The first-order chi connectivity index (χ1) is 10.6. The summed E-state index contributed by atoms with van der Waals surface area (Å²) >= 11 is 0. The zero-order valence-corrected chi connectivity index (χ0v) is 14.3. The van der Waals surface area contributed by atoms with Gasteiger partial charge in [0.05, 0.1) is 0 Å². The second kappa shape index (κ2) is 8.03. The largest absolute Gasteiger partial charge is 0.489 e. The summed E-state index contributed by atoms with van der Waals surface area (Å²) in [7, 11) is 0. The highest BCUT2D eigenvalue weighted by Gasteiger charge is 2.13. The molecule has 0 aromatic heterocycles. The average Bonchev–Trinajstić information content (AvgIpc) is 2.53. The first-order valence-corrected chi connectivity index (χ1v) is 8.42. The zero-order valence-electron chi connectivity index (χ0n) is 14.3. The van der Waals surface area contributed by atoms with Gasteiger partial charge < -0.3 is 4.74 Å². The third-order valence-corrected chi connectivity index (χ3v) is 4.17. The molecule has 2 aromatic carbocycles. The Morgan fingerprint density at radius 1 is 0.909 bits per heavy atom. The SMILES string of the molecule is CCCC(C)c1cc(COc2ccccc2)ccc1C(C)C. The Kier molecular flexibility index (Phi) is 6.06. The number of hydrogen-bond acceptors (Lipinski definition) is 1. The molecule has 0 N–H and O–H groups in total. The lowest BCUT2D eigenvalue weighted by Gasteiger charge is -2.20. The summed E-state index contributed by atoms with van der Waals surface area (Å²) in [5.74, 6) is 2.11. The van der Waals surface area contributed by atoms with E-state index >= 15 is 0 Å². The van der Waals surface area contributed by atoms with E-state index in [9.17, 15) is 0 Å². The van der Waals surface area contributed by atoms with Gasteiger partial charge in [0.2, 0.25) is 0 Å². The van der Waals surface area contributed by atoms with Crippen LogP contribution in [0.4, 0.5) is 0 Å². The molecule has 0 aliphatic carbocycles. The van der Waals surface area contributed by atoms with Gasteiger partial charge in [0, 0.05) is 0 Å². The topological polar surface area (TPSA) is 9.23 Å². The van der Waals surface area contributed by atoms with Crippen LogP contribution in [0.1, 0.15) is 69.1 Å². The van der Waals surface area contributed by atoms with E-state index < -0.39 is 0 Å². The Labute approximate surface area is 135 Å². The van der Waals surface area contributed by atoms with Crippen LogP contribution in [-0.4, -0.2) is 0 Å². The Bertz CT molecular complexity index is 572. The summed E-state index contributed by atoms with van der Waals surface area (Å²) in [5, 5.41) is 0. The van der Waals surface area contributed by atoms with E-state index in [1.54, 1.807) is 0 Å². The van der Waals surface area contributed by atoms with E-state index in [0.29, 0.717) is 18.4 Å². The van der Waals surface area contributed by atoms with Crippen LogP contribution in [0.5, 0.6) is 5.75 Å². The molecule has 1 heteroatoms. The minimum atomic E-state index is 0.568. The third-order valence-electron chi connectivity index (χ3n) is 4.17. The fraction of sp³-hybridized carbons (Fsp3) is 0.429. The van der Waals surface area contributed by atoms with Crippen LogP contribution in [0.25, 0.3) is 0 Å². The maximum Gasteiger partial charge on any atom is 0.119 e. The number of para-hydroxylation sites is 1. The predicted octanol–water partition coefficient (Wildman–Crippen LogP) is 6.29. The van der Waals surface area contributed by atoms with Crippen molar-refractivity contribution in [3.05, 3.63) is 65.2 Å². The van der Waals surface area contributed by atoms with Crippen molar-refractivity contribution in [1.82, 2.24) is 0 Å². The molecule has 0 amide bonds. The van der Waals surface area contributed by atoms with Crippen LogP contribution in [0.15, 0.2) is 48.5 Å². The molecule has 0 bridgehead atoms. The van der Waals surface area contributed by atoms with E-state index in [0.717, 1.165) is 5.75 Å². The van der Waals surface area contributed by atoms with Gasteiger partial charge >= 0.3 is 0 Å². The third kappa shape index (κ3) is 4.37. The first-order valence-electron chi connectivity index (χ1n) is 8.42. The number of benzene rings is 2. The van der Waals surface area contributed by atoms with Crippen molar-refractivity contribution in [1.29, 1.82) is 0 Å². The van der Waals surface area contributed by atoms with Gasteiger partial charge in [0.1, 0.15) is 12.4 Å². The maximum atomic E-state index is 5.89. The van der Waals surface area contributed by atoms with Crippen molar-refractivity contribution >= 4 is 0 Å². The van der Waals surface area contributed by atoms with E-state index in [2.05, 4.69) is 45.9 Å². The maximum absolute atomic E-state index is 5.89. The van der Waals surface area contributed by atoms with Crippen LogP contribution in [0, 0.1) is 0 Å². The summed E-state index contributed by atoms with van der Waals surface area (Å²) in [6.45, 7) is 9.78. The van der Waals surface area contributed by atoms with E-state index in [1.807, 2.05) is 30.3 Å². The highest BCUT2D eigenvalue weighted by atomic mass is 16.5. The Balaban J connectivity index is 2.17. The van der Waals surface area contributed by atoms with E-state index in [1.165, 1.54) is 29.5 Å². The molecule has 1 unspecified atom stereocenters. The van der Waals surface area contributed by atoms with Crippen molar-refractivity contribution in [2.45, 2.75) is 59.0 Å². The van der Waals surface area contributed by atoms with Crippen LogP contribution >= 0.6 is 0 Å². The molecule has 0 radical (unpaired) electrons. The number of hydrogen-bond donors (Lipinski definition) is 0. The molecule has 2 rings (SSSR count). The van der Waals surface area contributed by atoms with Gasteiger partial charge in [0.25, 0.3) is 0 Å². The first kappa shape index (κ1) is 16.6. The molecule has 0 saturated heterocycles. The Morgan fingerprint density at radius 2 is 1.64 bits per heavy atom. The summed E-state index contributed by atoms with van der Waals surface area (Å²) < 4.78 is 5.89. The molecule has 0 spiro atoms. The van der Waals surface area contributed by atoms with Crippen molar-refractivity contribution < 1.29 is 4.74 Å². The minimum absolute atomic E-state index is 0.568. The summed E-state index contributed by atoms with van der Waals surface area (Å²) in [4.78, 5) is 0.